The molecule has 0 aromatic heterocycles. The SMILES string of the molecule is CCOC(=O)c1cc(O)c2cc(Br)ccc2c1. The molecule has 1 N–H and O–H groups in total. The Kier molecular flexibility index (Phi) is 3.33. The van der Waals surface area contributed by atoms with Gasteiger partial charge in [-0.25, -0.2) is 4.79 Å². The van der Waals surface area contributed by atoms with Crippen molar-refractivity contribution in [1.29, 1.82) is 0 Å². The molecule has 0 aliphatic heterocycles. The van der Waals surface area contributed by atoms with Crippen molar-refractivity contribution in [3.8, 4) is 5.75 Å². The molecule has 0 aliphatic rings. The molecule has 0 atom stereocenters. The molecule has 0 heterocycles. The molecule has 17 heavy (non-hydrogen) atoms. The second-order valence-corrected chi connectivity index (χ2v) is 4.50. The zero-order chi connectivity index (χ0) is 12.4. The number of carbonyl (C=O) groups excluding carboxylic acids is 1. The maximum absolute atomic E-state index is 11.6. The van der Waals surface area contributed by atoms with Crippen LogP contribution in [-0.2, 0) is 4.74 Å². The van der Waals surface area contributed by atoms with Gasteiger partial charge in [0.1, 0.15) is 5.75 Å². The molecular weight excluding hydrogens is 284 g/mol. The third kappa shape index (κ3) is 2.42. The van der Waals surface area contributed by atoms with Crippen molar-refractivity contribution < 1.29 is 14.6 Å². The number of esters is 1. The number of aromatic hydroxyl groups is 1. The summed E-state index contributed by atoms with van der Waals surface area (Å²) in [4.78, 5) is 11.6. The van der Waals surface area contributed by atoms with Gasteiger partial charge in [0.25, 0.3) is 0 Å². The molecule has 2 aromatic rings. The molecule has 0 amide bonds. The Labute approximate surface area is 107 Å². The predicted octanol–water partition coefficient (Wildman–Crippen LogP) is 3.48. The number of carbonyl (C=O) groups is 1. The molecule has 0 unspecified atom stereocenters. The first-order valence-corrected chi connectivity index (χ1v) is 6.00. The van der Waals surface area contributed by atoms with E-state index in [1.165, 1.54) is 6.07 Å². The normalized spacial score (nSPS) is 10.5. The topological polar surface area (TPSA) is 46.5 Å². The fourth-order valence-electron chi connectivity index (χ4n) is 1.64. The van der Waals surface area contributed by atoms with E-state index in [2.05, 4.69) is 15.9 Å². The van der Waals surface area contributed by atoms with Crippen molar-refractivity contribution in [3.63, 3.8) is 0 Å². The molecular formula is C13H11BrO3. The maximum atomic E-state index is 11.6. The highest BCUT2D eigenvalue weighted by Crippen LogP contribution is 2.29. The van der Waals surface area contributed by atoms with Crippen molar-refractivity contribution in [1.82, 2.24) is 0 Å². The molecule has 0 fully saturated rings. The quantitative estimate of drug-likeness (QED) is 0.863. The second kappa shape index (κ2) is 4.75. The highest BCUT2D eigenvalue weighted by molar-refractivity contribution is 9.10. The Balaban J connectivity index is 2.56. The number of hydrogen-bond donors (Lipinski definition) is 1. The molecule has 0 radical (unpaired) electrons. The molecule has 0 saturated heterocycles. The molecule has 2 aromatic carbocycles. The molecule has 3 nitrogen and oxygen atoms in total. The Morgan fingerprint density at radius 1 is 1.35 bits per heavy atom. The third-order valence-electron chi connectivity index (χ3n) is 2.41. The van der Waals surface area contributed by atoms with Gasteiger partial charge in [0.15, 0.2) is 0 Å². The highest BCUT2D eigenvalue weighted by Gasteiger charge is 2.10. The van der Waals surface area contributed by atoms with Gasteiger partial charge in [0, 0.05) is 9.86 Å². The summed E-state index contributed by atoms with van der Waals surface area (Å²) in [5, 5.41) is 11.4. The van der Waals surface area contributed by atoms with Crippen LogP contribution in [0.2, 0.25) is 0 Å². The first-order valence-electron chi connectivity index (χ1n) is 5.21. The van der Waals surface area contributed by atoms with Crippen LogP contribution in [-0.4, -0.2) is 17.7 Å². The first-order chi connectivity index (χ1) is 8.11. The van der Waals surface area contributed by atoms with Crippen LogP contribution in [0.5, 0.6) is 5.75 Å². The Bertz CT molecular complexity index is 578. The summed E-state index contributed by atoms with van der Waals surface area (Å²) in [6, 6.07) is 8.63. The Morgan fingerprint density at radius 2 is 2.12 bits per heavy atom. The van der Waals surface area contributed by atoms with E-state index in [0.717, 1.165) is 9.86 Å². The van der Waals surface area contributed by atoms with Gasteiger partial charge >= 0.3 is 5.97 Å². The lowest BCUT2D eigenvalue weighted by molar-refractivity contribution is 0.0526. The average molecular weight is 295 g/mol. The van der Waals surface area contributed by atoms with Gasteiger partial charge in [-0.1, -0.05) is 22.0 Å². The fourth-order valence-corrected chi connectivity index (χ4v) is 2.00. The second-order valence-electron chi connectivity index (χ2n) is 3.58. The van der Waals surface area contributed by atoms with E-state index in [0.29, 0.717) is 17.6 Å². The van der Waals surface area contributed by atoms with Crippen molar-refractivity contribution >= 4 is 32.7 Å². The summed E-state index contributed by atoms with van der Waals surface area (Å²) >= 11 is 3.34. The van der Waals surface area contributed by atoms with Crippen molar-refractivity contribution in [2.24, 2.45) is 0 Å². The molecule has 0 bridgehead atoms. The lowest BCUT2D eigenvalue weighted by Crippen LogP contribution is -2.04. The maximum Gasteiger partial charge on any atom is 0.338 e. The van der Waals surface area contributed by atoms with Gasteiger partial charge in [-0.3, -0.25) is 0 Å². The summed E-state index contributed by atoms with van der Waals surface area (Å²) in [5.41, 5.74) is 0.360. The molecule has 88 valence electrons. The minimum atomic E-state index is -0.424. The van der Waals surface area contributed by atoms with Crippen LogP contribution in [0.15, 0.2) is 34.8 Å². The van der Waals surface area contributed by atoms with E-state index < -0.39 is 5.97 Å². The minimum absolute atomic E-state index is 0.0758. The van der Waals surface area contributed by atoms with Crippen LogP contribution >= 0.6 is 15.9 Å². The number of rotatable bonds is 2. The van der Waals surface area contributed by atoms with Crippen LogP contribution in [0.25, 0.3) is 10.8 Å². The van der Waals surface area contributed by atoms with E-state index in [1.807, 2.05) is 12.1 Å². The third-order valence-corrected chi connectivity index (χ3v) is 2.90. The monoisotopic (exact) mass is 294 g/mol. The molecule has 0 spiro atoms. The minimum Gasteiger partial charge on any atom is -0.507 e. The van der Waals surface area contributed by atoms with Crippen molar-refractivity contribution in [2.75, 3.05) is 6.61 Å². The summed E-state index contributed by atoms with van der Waals surface area (Å²) in [7, 11) is 0. The molecule has 0 saturated carbocycles. The highest BCUT2D eigenvalue weighted by atomic mass is 79.9. The molecule has 4 heteroatoms. The number of benzene rings is 2. The summed E-state index contributed by atoms with van der Waals surface area (Å²) in [5.74, 6) is -0.348. The van der Waals surface area contributed by atoms with Crippen LogP contribution in [0.1, 0.15) is 17.3 Å². The van der Waals surface area contributed by atoms with E-state index >= 15 is 0 Å². The molecule has 0 aliphatic carbocycles. The largest absolute Gasteiger partial charge is 0.507 e. The number of halogens is 1. The smallest absolute Gasteiger partial charge is 0.338 e. The number of phenols is 1. The standard InChI is InChI=1S/C13H11BrO3/c1-2-17-13(16)9-5-8-3-4-10(14)7-11(8)12(15)6-9/h3-7,15H,2H2,1H3. The van der Waals surface area contributed by atoms with Gasteiger partial charge in [-0.05, 0) is 36.6 Å². The number of hydrogen-bond acceptors (Lipinski definition) is 3. The van der Waals surface area contributed by atoms with Gasteiger partial charge in [0.05, 0.1) is 12.2 Å². The zero-order valence-electron chi connectivity index (χ0n) is 9.24. The predicted molar refractivity (Wildman–Crippen MR) is 69.3 cm³/mol. The van der Waals surface area contributed by atoms with Crippen LogP contribution < -0.4 is 0 Å². The van der Waals surface area contributed by atoms with Gasteiger partial charge in [-0.2, -0.15) is 0 Å². The van der Waals surface area contributed by atoms with E-state index in [1.54, 1.807) is 19.1 Å². The fraction of sp³-hybridized carbons (Fsp3) is 0.154. The van der Waals surface area contributed by atoms with Crippen LogP contribution in [0, 0.1) is 0 Å². The molecule has 2 rings (SSSR count). The van der Waals surface area contributed by atoms with Crippen LogP contribution in [0.3, 0.4) is 0 Å². The number of phenolic OH excluding ortho intramolecular Hbond substituents is 1. The van der Waals surface area contributed by atoms with Gasteiger partial charge in [0.2, 0.25) is 0 Å². The zero-order valence-corrected chi connectivity index (χ0v) is 10.8. The first kappa shape index (κ1) is 11.9. The average Bonchev–Trinajstić information content (AvgIpc) is 2.30. The summed E-state index contributed by atoms with van der Waals surface area (Å²) in [6.45, 7) is 2.06. The Morgan fingerprint density at radius 3 is 2.82 bits per heavy atom. The summed E-state index contributed by atoms with van der Waals surface area (Å²) < 4.78 is 5.78. The van der Waals surface area contributed by atoms with Gasteiger partial charge in [-0.15, -0.1) is 0 Å². The van der Waals surface area contributed by atoms with Crippen molar-refractivity contribution in [2.45, 2.75) is 6.92 Å². The lowest BCUT2D eigenvalue weighted by atomic mass is 10.1. The van der Waals surface area contributed by atoms with E-state index in [9.17, 15) is 9.90 Å². The van der Waals surface area contributed by atoms with Gasteiger partial charge < -0.3 is 9.84 Å². The Hall–Kier alpha value is -1.55. The van der Waals surface area contributed by atoms with E-state index in [-0.39, 0.29) is 5.75 Å². The number of ether oxygens (including phenoxy) is 1. The van der Waals surface area contributed by atoms with Crippen molar-refractivity contribution in [3.05, 3.63) is 40.4 Å². The lowest BCUT2D eigenvalue weighted by Gasteiger charge is -2.06. The van der Waals surface area contributed by atoms with Crippen LogP contribution in [0.4, 0.5) is 0 Å². The summed E-state index contributed by atoms with van der Waals surface area (Å²) in [6.07, 6.45) is 0. The van der Waals surface area contributed by atoms with E-state index in [4.69, 9.17) is 4.74 Å². The number of fused-ring (bicyclic) bond motifs is 1.